The van der Waals surface area contributed by atoms with Gasteiger partial charge in [0.05, 0.1) is 16.3 Å². The molecule has 2 aromatic heterocycles. The first kappa shape index (κ1) is 9.21. The van der Waals surface area contributed by atoms with Crippen molar-refractivity contribution in [3.05, 3.63) is 28.8 Å². The molecule has 0 saturated heterocycles. The maximum Gasteiger partial charge on any atom is 0.165 e. The predicted octanol–water partition coefficient (Wildman–Crippen LogP) is 2.39. The Kier molecular flexibility index (Phi) is 2.25. The first-order chi connectivity index (χ1) is 6.68. The van der Waals surface area contributed by atoms with Gasteiger partial charge < -0.3 is 10.2 Å². The highest BCUT2D eigenvalue weighted by Gasteiger charge is 2.08. The Labute approximate surface area is 89.3 Å². The fourth-order valence-corrected chi connectivity index (χ4v) is 1.32. The van der Waals surface area contributed by atoms with Crippen LogP contribution in [0.25, 0.3) is 11.4 Å². The van der Waals surface area contributed by atoms with E-state index in [9.17, 15) is 0 Å². The van der Waals surface area contributed by atoms with Crippen LogP contribution >= 0.6 is 15.9 Å². The summed E-state index contributed by atoms with van der Waals surface area (Å²) in [7, 11) is 0. The lowest BCUT2D eigenvalue weighted by Crippen LogP contribution is -1.96. The van der Waals surface area contributed by atoms with E-state index >= 15 is 0 Å². The summed E-state index contributed by atoms with van der Waals surface area (Å²) >= 11 is 3.24. The molecule has 0 amide bonds. The van der Waals surface area contributed by atoms with Crippen molar-refractivity contribution in [2.45, 2.75) is 6.92 Å². The summed E-state index contributed by atoms with van der Waals surface area (Å²) in [6, 6.07) is 1.82. The molecule has 2 heterocycles. The first-order valence-corrected chi connectivity index (χ1v) is 4.80. The molecule has 2 rings (SSSR count). The lowest BCUT2D eigenvalue weighted by atomic mass is 10.2. The quantitative estimate of drug-likeness (QED) is 0.848. The van der Waals surface area contributed by atoms with E-state index in [4.69, 9.17) is 10.2 Å². The lowest BCUT2D eigenvalue weighted by molar-refractivity contribution is 0.535. The standard InChI is InChI=1S/C9H8BrN3O/c1-5-6(2-3-14-5)9-12-4-7(10)8(11)13-9/h2-4H,1H3,(H2,11,12,13). The van der Waals surface area contributed by atoms with Crippen LogP contribution in [0.1, 0.15) is 5.76 Å². The number of anilines is 1. The van der Waals surface area contributed by atoms with Crippen molar-refractivity contribution in [3.8, 4) is 11.4 Å². The van der Waals surface area contributed by atoms with Crippen LogP contribution in [0.2, 0.25) is 0 Å². The third kappa shape index (κ3) is 1.50. The summed E-state index contributed by atoms with van der Waals surface area (Å²) in [5.41, 5.74) is 6.51. The minimum Gasteiger partial charge on any atom is -0.469 e. The highest BCUT2D eigenvalue weighted by molar-refractivity contribution is 9.10. The molecule has 0 aliphatic carbocycles. The average Bonchev–Trinajstić information content (AvgIpc) is 2.57. The van der Waals surface area contributed by atoms with E-state index in [0.29, 0.717) is 16.1 Å². The van der Waals surface area contributed by atoms with E-state index in [-0.39, 0.29) is 0 Å². The van der Waals surface area contributed by atoms with Gasteiger partial charge in [0.15, 0.2) is 5.82 Å². The zero-order valence-corrected chi connectivity index (χ0v) is 9.08. The lowest BCUT2D eigenvalue weighted by Gasteiger charge is -2.00. The van der Waals surface area contributed by atoms with Gasteiger partial charge in [-0.1, -0.05) is 0 Å². The Morgan fingerprint density at radius 3 is 2.86 bits per heavy atom. The van der Waals surface area contributed by atoms with E-state index in [1.165, 1.54) is 0 Å². The van der Waals surface area contributed by atoms with Crippen LogP contribution < -0.4 is 5.73 Å². The molecule has 0 fully saturated rings. The van der Waals surface area contributed by atoms with Gasteiger partial charge in [0.2, 0.25) is 0 Å². The van der Waals surface area contributed by atoms with E-state index in [0.717, 1.165) is 11.3 Å². The molecule has 14 heavy (non-hydrogen) atoms. The summed E-state index contributed by atoms with van der Waals surface area (Å²) in [5.74, 6) is 1.79. The summed E-state index contributed by atoms with van der Waals surface area (Å²) in [6.07, 6.45) is 3.23. The topological polar surface area (TPSA) is 64.9 Å². The molecule has 0 radical (unpaired) electrons. The zero-order chi connectivity index (χ0) is 10.1. The smallest absolute Gasteiger partial charge is 0.165 e. The molecule has 0 atom stereocenters. The van der Waals surface area contributed by atoms with E-state index in [1.54, 1.807) is 12.5 Å². The summed E-state index contributed by atoms with van der Waals surface area (Å²) in [5, 5.41) is 0. The number of aryl methyl sites for hydroxylation is 1. The Hall–Kier alpha value is -1.36. The van der Waals surface area contributed by atoms with Crippen molar-refractivity contribution in [2.24, 2.45) is 0 Å². The monoisotopic (exact) mass is 253 g/mol. The van der Waals surface area contributed by atoms with Gasteiger partial charge >= 0.3 is 0 Å². The molecule has 0 unspecified atom stereocenters. The van der Waals surface area contributed by atoms with Gasteiger partial charge in [-0.2, -0.15) is 0 Å². The third-order valence-corrected chi connectivity index (χ3v) is 2.48. The van der Waals surface area contributed by atoms with Gasteiger partial charge in [-0.25, -0.2) is 9.97 Å². The zero-order valence-electron chi connectivity index (χ0n) is 7.49. The molecule has 0 bridgehead atoms. The van der Waals surface area contributed by atoms with Crippen molar-refractivity contribution in [3.63, 3.8) is 0 Å². The summed E-state index contributed by atoms with van der Waals surface area (Å²) < 4.78 is 5.85. The number of rotatable bonds is 1. The molecule has 2 aromatic rings. The Morgan fingerprint density at radius 2 is 2.29 bits per heavy atom. The number of hydrogen-bond donors (Lipinski definition) is 1. The second-order valence-corrected chi connectivity index (χ2v) is 3.67. The minimum absolute atomic E-state index is 0.426. The molecular formula is C9H8BrN3O. The number of nitrogens with zero attached hydrogens (tertiary/aromatic N) is 2. The first-order valence-electron chi connectivity index (χ1n) is 4.01. The van der Waals surface area contributed by atoms with Gasteiger partial charge in [0, 0.05) is 6.20 Å². The molecule has 0 saturated carbocycles. The third-order valence-electron chi connectivity index (χ3n) is 1.87. The van der Waals surface area contributed by atoms with Gasteiger partial charge in [-0.3, -0.25) is 0 Å². The Morgan fingerprint density at radius 1 is 1.50 bits per heavy atom. The fourth-order valence-electron chi connectivity index (χ4n) is 1.13. The SMILES string of the molecule is Cc1occc1-c1ncc(Br)c(N)n1. The van der Waals surface area contributed by atoms with Crippen LogP contribution in [-0.2, 0) is 0 Å². The molecular weight excluding hydrogens is 246 g/mol. The van der Waals surface area contributed by atoms with Gasteiger partial charge in [0.1, 0.15) is 11.6 Å². The molecule has 2 N–H and O–H groups in total. The maximum absolute atomic E-state index is 5.65. The van der Waals surface area contributed by atoms with Crippen LogP contribution in [-0.4, -0.2) is 9.97 Å². The number of nitrogens with two attached hydrogens (primary N) is 1. The van der Waals surface area contributed by atoms with Crippen LogP contribution in [0.3, 0.4) is 0 Å². The van der Waals surface area contributed by atoms with Gasteiger partial charge in [-0.05, 0) is 28.9 Å². The molecule has 0 aliphatic rings. The van der Waals surface area contributed by atoms with Crippen molar-refractivity contribution < 1.29 is 4.42 Å². The van der Waals surface area contributed by atoms with Gasteiger partial charge in [0.25, 0.3) is 0 Å². The number of nitrogen functional groups attached to an aromatic ring is 1. The van der Waals surface area contributed by atoms with Gasteiger partial charge in [-0.15, -0.1) is 0 Å². The van der Waals surface area contributed by atoms with Crippen LogP contribution in [0.15, 0.2) is 27.4 Å². The van der Waals surface area contributed by atoms with Crippen molar-refractivity contribution >= 4 is 21.7 Å². The minimum atomic E-state index is 0.426. The highest BCUT2D eigenvalue weighted by atomic mass is 79.9. The van der Waals surface area contributed by atoms with Crippen LogP contribution in [0, 0.1) is 6.92 Å². The predicted molar refractivity (Wildman–Crippen MR) is 56.6 cm³/mol. The number of aromatic nitrogens is 2. The second-order valence-electron chi connectivity index (χ2n) is 2.82. The van der Waals surface area contributed by atoms with E-state index in [1.807, 2.05) is 13.0 Å². The molecule has 72 valence electrons. The fraction of sp³-hybridized carbons (Fsp3) is 0.111. The summed E-state index contributed by atoms with van der Waals surface area (Å²) in [6.45, 7) is 1.86. The van der Waals surface area contributed by atoms with E-state index in [2.05, 4.69) is 25.9 Å². The van der Waals surface area contributed by atoms with Crippen molar-refractivity contribution in [1.29, 1.82) is 0 Å². The molecule has 0 spiro atoms. The van der Waals surface area contributed by atoms with Crippen LogP contribution in [0.4, 0.5) is 5.82 Å². The molecule has 5 heteroatoms. The van der Waals surface area contributed by atoms with Crippen LogP contribution in [0.5, 0.6) is 0 Å². The Bertz CT molecular complexity index is 467. The number of furan rings is 1. The Balaban J connectivity index is 2.53. The normalized spacial score (nSPS) is 10.4. The molecule has 4 nitrogen and oxygen atoms in total. The van der Waals surface area contributed by atoms with E-state index < -0.39 is 0 Å². The second kappa shape index (κ2) is 3.42. The largest absolute Gasteiger partial charge is 0.469 e. The highest BCUT2D eigenvalue weighted by Crippen LogP contribution is 2.23. The number of halogens is 1. The molecule has 0 aliphatic heterocycles. The van der Waals surface area contributed by atoms with Crippen molar-refractivity contribution in [1.82, 2.24) is 9.97 Å². The summed E-state index contributed by atoms with van der Waals surface area (Å²) in [4.78, 5) is 8.28. The maximum atomic E-state index is 5.65. The molecule has 0 aromatic carbocycles. The number of hydrogen-bond acceptors (Lipinski definition) is 4. The van der Waals surface area contributed by atoms with Crippen molar-refractivity contribution in [2.75, 3.05) is 5.73 Å². The average molecular weight is 254 g/mol.